The van der Waals surface area contributed by atoms with Crippen molar-refractivity contribution in [1.29, 1.82) is 0 Å². The van der Waals surface area contributed by atoms with Crippen LogP contribution < -0.4 is 0 Å². The van der Waals surface area contributed by atoms with Crippen molar-refractivity contribution in [2.24, 2.45) is 0 Å². The fourth-order valence-corrected chi connectivity index (χ4v) is 2.11. The SMILES string of the molecule is CC/C(=C\C(=O)OC)c1ccc(-c2ccc(F)cc2)cc1. The summed E-state index contributed by atoms with van der Waals surface area (Å²) in [5.41, 5.74) is 3.87. The minimum Gasteiger partial charge on any atom is -0.466 e. The monoisotopic (exact) mass is 284 g/mol. The highest BCUT2D eigenvalue weighted by Crippen LogP contribution is 2.24. The lowest BCUT2D eigenvalue weighted by molar-refractivity contribution is -0.134. The van der Waals surface area contributed by atoms with Gasteiger partial charge in [-0.15, -0.1) is 0 Å². The molecule has 0 saturated heterocycles. The highest BCUT2D eigenvalue weighted by atomic mass is 19.1. The second-order valence-electron chi connectivity index (χ2n) is 4.63. The van der Waals surface area contributed by atoms with Gasteiger partial charge in [0.2, 0.25) is 0 Å². The van der Waals surface area contributed by atoms with E-state index in [0.29, 0.717) is 0 Å². The number of methoxy groups -OCH3 is 1. The van der Waals surface area contributed by atoms with Gasteiger partial charge in [0.05, 0.1) is 7.11 Å². The van der Waals surface area contributed by atoms with Crippen LogP contribution in [0.3, 0.4) is 0 Å². The third-order valence-electron chi connectivity index (χ3n) is 3.31. The first kappa shape index (κ1) is 15.0. The molecule has 0 heterocycles. The van der Waals surface area contributed by atoms with E-state index in [2.05, 4.69) is 4.74 Å². The van der Waals surface area contributed by atoms with Crippen molar-refractivity contribution < 1.29 is 13.9 Å². The average molecular weight is 284 g/mol. The van der Waals surface area contributed by atoms with Gasteiger partial charge >= 0.3 is 5.97 Å². The largest absolute Gasteiger partial charge is 0.466 e. The molecule has 21 heavy (non-hydrogen) atoms. The van der Waals surface area contributed by atoms with Crippen molar-refractivity contribution in [1.82, 2.24) is 0 Å². The molecule has 0 aromatic heterocycles. The Kier molecular flexibility index (Phi) is 4.88. The maximum atomic E-state index is 12.9. The third-order valence-corrected chi connectivity index (χ3v) is 3.31. The fraction of sp³-hybridized carbons (Fsp3) is 0.167. The van der Waals surface area contributed by atoms with E-state index >= 15 is 0 Å². The number of allylic oxidation sites excluding steroid dienone is 1. The van der Waals surface area contributed by atoms with Crippen LogP contribution in [0.4, 0.5) is 4.39 Å². The molecule has 0 fully saturated rings. The second-order valence-corrected chi connectivity index (χ2v) is 4.63. The summed E-state index contributed by atoms with van der Waals surface area (Å²) in [6.45, 7) is 1.99. The molecule has 0 bridgehead atoms. The topological polar surface area (TPSA) is 26.3 Å². The molecule has 2 rings (SSSR count). The van der Waals surface area contributed by atoms with Crippen LogP contribution in [0.5, 0.6) is 0 Å². The van der Waals surface area contributed by atoms with Gasteiger partial charge in [0.15, 0.2) is 0 Å². The summed E-state index contributed by atoms with van der Waals surface area (Å²) in [6.07, 6.45) is 2.25. The Morgan fingerprint density at radius 3 is 2.05 bits per heavy atom. The summed E-state index contributed by atoms with van der Waals surface area (Å²) in [6, 6.07) is 14.2. The lowest BCUT2D eigenvalue weighted by atomic mass is 9.99. The van der Waals surface area contributed by atoms with Gasteiger partial charge < -0.3 is 4.74 Å². The predicted octanol–water partition coefficient (Wildman–Crippen LogP) is 4.46. The summed E-state index contributed by atoms with van der Waals surface area (Å²) < 4.78 is 17.6. The molecule has 2 aromatic carbocycles. The van der Waals surface area contributed by atoms with Crippen LogP contribution in [0.1, 0.15) is 18.9 Å². The van der Waals surface area contributed by atoms with Crippen LogP contribution in [0.15, 0.2) is 54.6 Å². The summed E-state index contributed by atoms with van der Waals surface area (Å²) in [5, 5.41) is 0. The summed E-state index contributed by atoms with van der Waals surface area (Å²) in [4.78, 5) is 11.3. The van der Waals surface area contributed by atoms with E-state index in [1.165, 1.54) is 25.3 Å². The number of carbonyl (C=O) groups excluding carboxylic acids is 1. The molecule has 108 valence electrons. The molecule has 0 unspecified atom stereocenters. The summed E-state index contributed by atoms with van der Waals surface area (Å²) >= 11 is 0. The Hall–Kier alpha value is -2.42. The molecule has 0 spiro atoms. The maximum Gasteiger partial charge on any atom is 0.330 e. The Morgan fingerprint density at radius 1 is 1.05 bits per heavy atom. The van der Waals surface area contributed by atoms with E-state index in [9.17, 15) is 9.18 Å². The van der Waals surface area contributed by atoms with Crippen LogP contribution in [0.25, 0.3) is 16.7 Å². The van der Waals surface area contributed by atoms with Gasteiger partial charge in [-0.3, -0.25) is 0 Å². The number of benzene rings is 2. The Bertz CT molecular complexity index is 640. The average Bonchev–Trinajstić information content (AvgIpc) is 2.53. The van der Waals surface area contributed by atoms with Gasteiger partial charge in [-0.1, -0.05) is 43.3 Å². The molecule has 2 nitrogen and oxygen atoms in total. The number of esters is 1. The smallest absolute Gasteiger partial charge is 0.330 e. The quantitative estimate of drug-likeness (QED) is 0.612. The van der Waals surface area contributed by atoms with E-state index in [0.717, 1.165) is 28.7 Å². The first-order chi connectivity index (χ1) is 10.1. The minimum atomic E-state index is -0.352. The highest BCUT2D eigenvalue weighted by Gasteiger charge is 2.04. The molecule has 0 aliphatic rings. The first-order valence-corrected chi connectivity index (χ1v) is 6.79. The summed E-state index contributed by atoms with van der Waals surface area (Å²) in [5.74, 6) is -0.598. The zero-order chi connectivity index (χ0) is 15.2. The molecule has 0 aliphatic heterocycles. The minimum absolute atomic E-state index is 0.246. The number of ether oxygens (including phenoxy) is 1. The number of hydrogen-bond donors (Lipinski definition) is 0. The molecule has 0 saturated carbocycles. The number of rotatable bonds is 4. The molecule has 0 aliphatic carbocycles. The van der Waals surface area contributed by atoms with E-state index in [1.54, 1.807) is 12.1 Å². The van der Waals surface area contributed by atoms with E-state index in [1.807, 2.05) is 31.2 Å². The Morgan fingerprint density at radius 2 is 1.57 bits per heavy atom. The van der Waals surface area contributed by atoms with Gasteiger partial charge in [-0.2, -0.15) is 0 Å². The number of halogens is 1. The van der Waals surface area contributed by atoms with Crippen LogP contribution >= 0.6 is 0 Å². The van der Waals surface area contributed by atoms with Gasteiger partial charge in [-0.25, -0.2) is 9.18 Å². The van der Waals surface area contributed by atoms with Crippen LogP contribution in [0.2, 0.25) is 0 Å². The van der Waals surface area contributed by atoms with Crippen molar-refractivity contribution >= 4 is 11.5 Å². The fourth-order valence-electron chi connectivity index (χ4n) is 2.11. The van der Waals surface area contributed by atoms with Gasteiger partial charge in [0.1, 0.15) is 5.82 Å². The zero-order valence-corrected chi connectivity index (χ0v) is 12.1. The molecule has 0 atom stereocenters. The standard InChI is InChI=1S/C18H17FO2/c1-3-13(12-18(20)21-2)14-4-6-15(7-5-14)16-8-10-17(19)11-9-16/h4-12H,3H2,1-2H3/b13-12+. The van der Waals surface area contributed by atoms with Crippen molar-refractivity contribution in [3.05, 3.63) is 66.0 Å². The summed E-state index contributed by atoms with van der Waals surface area (Å²) in [7, 11) is 1.36. The van der Waals surface area contributed by atoms with Gasteiger partial charge in [0, 0.05) is 6.08 Å². The molecular formula is C18H17FO2. The highest BCUT2D eigenvalue weighted by molar-refractivity contribution is 5.91. The van der Waals surface area contributed by atoms with Crippen LogP contribution in [0, 0.1) is 5.82 Å². The van der Waals surface area contributed by atoms with Crippen molar-refractivity contribution in [3.8, 4) is 11.1 Å². The molecule has 0 amide bonds. The predicted molar refractivity (Wildman–Crippen MR) is 82.1 cm³/mol. The lowest BCUT2D eigenvalue weighted by Gasteiger charge is -2.07. The molecule has 2 aromatic rings. The van der Waals surface area contributed by atoms with Crippen LogP contribution in [-0.4, -0.2) is 13.1 Å². The number of carbonyl (C=O) groups is 1. The Labute approximate surface area is 123 Å². The maximum absolute atomic E-state index is 12.9. The molecular weight excluding hydrogens is 267 g/mol. The van der Waals surface area contributed by atoms with E-state index in [-0.39, 0.29) is 11.8 Å². The Balaban J connectivity index is 2.27. The molecule has 0 radical (unpaired) electrons. The third kappa shape index (κ3) is 3.78. The number of hydrogen-bond acceptors (Lipinski definition) is 2. The zero-order valence-electron chi connectivity index (χ0n) is 12.1. The second kappa shape index (κ2) is 6.84. The molecule has 0 N–H and O–H groups in total. The van der Waals surface area contributed by atoms with E-state index < -0.39 is 0 Å². The van der Waals surface area contributed by atoms with Gasteiger partial charge in [-0.05, 0) is 40.8 Å². The van der Waals surface area contributed by atoms with Crippen molar-refractivity contribution in [2.75, 3.05) is 7.11 Å². The normalized spacial score (nSPS) is 11.3. The lowest BCUT2D eigenvalue weighted by Crippen LogP contribution is -1.96. The van der Waals surface area contributed by atoms with Crippen molar-refractivity contribution in [3.63, 3.8) is 0 Å². The first-order valence-electron chi connectivity index (χ1n) is 6.79. The van der Waals surface area contributed by atoms with Crippen molar-refractivity contribution in [2.45, 2.75) is 13.3 Å². The van der Waals surface area contributed by atoms with Crippen LogP contribution in [-0.2, 0) is 9.53 Å². The van der Waals surface area contributed by atoms with E-state index in [4.69, 9.17) is 0 Å². The molecule has 3 heteroatoms. The van der Waals surface area contributed by atoms with Gasteiger partial charge in [0.25, 0.3) is 0 Å².